The lowest BCUT2D eigenvalue weighted by Crippen LogP contribution is -2.42. The molecule has 1 aliphatic heterocycles. The summed E-state index contributed by atoms with van der Waals surface area (Å²) in [6.45, 7) is 2.25. The first kappa shape index (κ1) is 30.7. The van der Waals surface area contributed by atoms with E-state index in [4.69, 9.17) is 4.84 Å². The van der Waals surface area contributed by atoms with Crippen molar-refractivity contribution in [2.75, 3.05) is 0 Å². The van der Waals surface area contributed by atoms with Crippen molar-refractivity contribution in [2.24, 2.45) is 0 Å². The van der Waals surface area contributed by atoms with Gasteiger partial charge in [-0.05, 0) is 116 Å². The van der Waals surface area contributed by atoms with E-state index in [1.54, 1.807) is 12.1 Å². The van der Waals surface area contributed by atoms with E-state index in [1.165, 1.54) is 57.8 Å². The second-order valence-corrected chi connectivity index (χ2v) is 13.3. The zero-order chi connectivity index (χ0) is 27.9. The number of rotatable bonds is 13. The molecule has 0 aromatic heterocycles. The standard InChI is InChI=1S/C31H32I3NO4/c1-2-3-4-5-6-7-8-9-10-11-13-20-16-17-23-26-21(20)14-12-15-22(26)29(36)35(30(23)37)39-31(38)27-24(32)18-19-25(33)28(27)34/h12,14-19H,2-11,13H2,1H3. The minimum Gasteiger partial charge on any atom is -0.324 e. The second kappa shape index (κ2) is 14.6. The van der Waals surface area contributed by atoms with Crippen LogP contribution >= 0.6 is 67.8 Å². The van der Waals surface area contributed by atoms with E-state index < -0.39 is 17.8 Å². The van der Waals surface area contributed by atoms with Gasteiger partial charge in [-0.15, -0.1) is 0 Å². The molecule has 8 heteroatoms. The van der Waals surface area contributed by atoms with Crippen LogP contribution in [0.5, 0.6) is 0 Å². The third-order valence-electron chi connectivity index (χ3n) is 7.18. The van der Waals surface area contributed by atoms with Gasteiger partial charge < -0.3 is 4.84 Å². The van der Waals surface area contributed by atoms with Crippen LogP contribution in [0.2, 0.25) is 0 Å². The highest BCUT2D eigenvalue weighted by Gasteiger charge is 2.37. The summed E-state index contributed by atoms with van der Waals surface area (Å²) < 4.78 is 2.31. The number of imide groups is 1. The van der Waals surface area contributed by atoms with Crippen molar-refractivity contribution in [1.29, 1.82) is 0 Å². The molecule has 206 valence electrons. The number of hydrogen-bond donors (Lipinski definition) is 0. The number of benzene rings is 3. The molecule has 2 amide bonds. The third-order valence-corrected chi connectivity index (χ3v) is 11.1. The van der Waals surface area contributed by atoms with Gasteiger partial charge in [-0.3, -0.25) is 9.59 Å². The number of aryl methyl sites for hydroxylation is 1. The summed E-state index contributed by atoms with van der Waals surface area (Å²) in [6.07, 6.45) is 13.7. The van der Waals surface area contributed by atoms with Crippen LogP contribution in [0.1, 0.15) is 108 Å². The van der Waals surface area contributed by atoms with Gasteiger partial charge in [-0.1, -0.05) is 88.0 Å². The quantitative estimate of drug-likeness (QED) is 0.0744. The summed E-state index contributed by atoms with van der Waals surface area (Å²) in [5, 5.41) is 2.20. The van der Waals surface area contributed by atoms with Gasteiger partial charge in [0.15, 0.2) is 0 Å². The van der Waals surface area contributed by atoms with Crippen LogP contribution in [0.15, 0.2) is 42.5 Å². The van der Waals surface area contributed by atoms with E-state index in [0.29, 0.717) is 30.7 Å². The molecule has 1 heterocycles. The Morgan fingerprint density at radius 2 is 1.33 bits per heavy atom. The number of nitrogens with zero attached hydrogens (tertiary/aromatic N) is 1. The van der Waals surface area contributed by atoms with Gasteiger partial charge in [0, 0.05) is 16.1 Å². The van der Waals surface area contributed by atoms with E-state index in [-0.39, 0.29) is 0 Å². The topological polar surface area (TPSA) is 63.7 Å². The smallest absolute Gasteiger partial charge is 0.324 e. The van der Waals surface area contributed by atoms with Crippen LogP contribution in [-0.2, 0) is 11.3 Å². The van der Waals surface area contributed by atoms with Gasteiger partial charge in [-0.25, -0.2) is 4.79 Å². The predicted molar refractivity (Wildman–Crippen MR) is 180 cm³/mol. The number of amides is 2. The van der Waals surface area contributed by atoms with Crippen LogP contribution in [0, 0.1) is 10.7 Å². The lowest BCUT2D eigenvalue weighted by Gasteiger charge is -2.26. The Bertz CT molecular complexity index is 1370. The molecule has 0 unspecified atom stereocenters. The molecular formula is C31H32I3NO4. The molecule has 0 atom stereocenters. The molecule has 39 heavy (non-hydrogen) atoms. The fourth-order valence-electron chi connectivity index (χ4n) is 5.08. The Morgan fingerprint density at radius 3 is 2.00 bits per heavy atom. The maximum atomic E-state index is 13.4. The maximum Gasteiger partial charge on any atom is 0.366 e. The Labute approximate surface area is 271 Å². The number of hydrogen-bond acceptors (Lipinski definition) is 4. The zero-order valence-corrected chi connectivity index (χ0v) is 28.5. The van der Waals surface area contributed by atoms with Crippen molar-refractivity contribution in [3.05, 3.63) is 75.4 Å². The second-order valence-electron chi connectivity index (χ2n) is 9.93. The first-order valence-electron chi connectivity index (χ1n) is 13.6. The van der Waals surface area contributed by atoms with Crippen LogP contribution in [0.4, 0.5) is 0 Å². The molecule has 0 bridgehead atoms. The minimum atomic E-state index is -0.725. The zero-order valence-electron chi connectivity index (χ0n) is 22.0. The average Bonchev–Trinajstić information content (AvgIpc) is 2.93. The minimum absolute atomic E-state index is 0.347. The van der Waals surface area contributed by atoms with Gasteiger partial charge in [0.05, 0.1) is 16.7 Å². The largest absolute Gasteiger partial charge is 0.366 e. The normalized spacial score (nSPS) is 12.9. The fraction of sp³-hybridized carbons (Fsp3) is 0.387. The molecule has 0 radical (unpaired) electrons. The van der Waals surface area contributed by atoms with Crippen molar-refractivity contribution < 1.29 is 19.2 Å². The molecule has 0 saturated heterocycles. The summed E-state index contributed by atoms with van der Waals surface area (Å²) in [7, 11) is 0. The number of unbranched alkanes of at least 4 members (excludes halogenated alkanes) is 9. The summed E-state index contributed by atoms with van der Waals surface area (Å²) in [5.74, 6) is -1.95. The number of carbonyl (C=O) groups excluding carboxylic acids is 3. The van der Waals surface area contributed by atoms with E-state index in [9.17, 15) is 14.4 Å². The molecule has 5 nitrogen and oxygen atoms in total. The van der Waals surface area contributed by atoms with Crippen LogP contribution in [0.3, 0.4) is 0 Å². The molecular weight excluding hydrogens is 831 g/mol. The molecule has 0 aliphatic carbocycles. The molecule has 0 saturated carbocycles. The lowest BCUT2D eigenvalue weighted by molar-refractivity contribution is -0.0622. The SMILES string of the molecule is CCCCCCCCCCCCc1ccc2c3c(cccc13)C(=O)N(OC(=O)c1c(I)ccc(I)c1I)C2=O. The summed E-state index contributed by atoms with van der Waals surface area (Å²) in [4.78, 5) is 45.3. The van der Waals surface area contributed by atoms with Gasteiger partial charge in [0.1, 0.15) is 0 Å². The van der Waals surface area contributed by atoms with Crippen molar-refractivity contribution in [3.8, 4) is 0 Å². The Morgan fingerprint density at radius 1 is 0.744 bits per heavy atom. The average molecular weight is 863 g/mol. The van der Waals surface area contributed by atoms with E-state index in [1.807, 2.05) is 30.3 Å². The molecule has 0 N–H and O–H groups in total. The monoisotopic (exact) mass is 863 g/mol. The van der Waals surface area contributed by atoms with Crippen molar-refractivity contribution >= 4 is 96.3 Å². The molecule has 4 rings (SSSR count). The van der Waals surface area contributed by atoms with Crippen LogP contribution < -0.4 is 0 Å². The van der Waals surface area contributed by atoms with Gasteiger partial charge >= 0.3 is 5.97 Å². The molecule has 0 fully saturated rings. The van der Waals surface area contributed by atoms with E-state index in [2.05, 4.69) is 74.7 Å². The Hall–Kier alpha value is -1.28. The van der Waals surface area contributed by atoms with Gasteiger partial charge in [0.2, 0.25) is 0 Å². The first-order valence-corrected chi connectivity index (χ1v) is 16.9. The van der Waals surface area contributed by atoms with Crippen LogP contribution in [-0.4, -0.2) is 22.8 Å². The van der Waals surface area contributed by atoms with Crippen molar-refractivity contribution in [1.82, 2.24) is 5.06 Å². The highest BCUT2D eigenvalue weighted by Crippen LogP contribution is 2.34. The molecule has 0 spiro atoms. The number of hydroxylamine groups is 2. The fourth-order valence-corrected chi connectivity index (χ4v) is 7.41. The van der Waals surface area contributed by atoms with Gasteiger partial charge in [0.25, 0.3) is 11.8 Å². The Balaban J connectivity index is 1.44. The van der Waals surface area contributed by atoms with E-state index >= 15 is 0 Å². The maximum absolute atomic E-state index is 13.4. The first-order chi connectivity index (χ1) is 18.8. The summed E-state index contributed by atoms with van der Waals surface area (Å²) >= 11 is 6.28. The third kappa shape index (κ3) is 7.14. The molecule has 1 aliphatic rings. The number of halogens is 3. The predicted octanol–water partition coefficient (Wildman–Crippen LogP) is 9.48. The highest BCUT2D eigenvalue weighted by molar-refractivity contribution is 14.1. The molecule has 3 aromatic rings. The van der Waals surface area contributed by atoms with E-state index in [0.717, 1.165) is 30.9 Å². The number of carbonyl (C=O) groups is 3. The van der Waals surface area contributed by atoms with Crippen molar-refractivity contribution in [3.63, 3.8) is 0 Å². The van der Waals surface area contributed by atoms with Crippen LogP contribution in [0.25, 0.3) is 10.8 Å². The summed E-state index contributed by atoms with van der Waals surface area (Å²) in [5.41, 5.74) is 2.25. The van der Waals surface area contributed by atoms with Crippen molar-refractivity contribution in [2.45, 2.75) is 77.6 Å². The summed E-state index contributed by atoms with van der Waals surface area (Å²) in [6, 6.07) is 13.0. The Kier molecular flexibility index (Phi) is 11.5. The lowest BCUT2D eigenvalue weighted by atomic mass is 9.90. The highest BCUT2D eigenvalue weighted by atomic mass is 127. The molecule has 3 aromatic carbocycles. The van der Waals surface area contributed by atoms with Gasteiger partial charge in [-0.2, -0.15) is 0 Å².